The van der Waals surface area contributed by atoms with E-state index in [1.165, 1.54) is 6.20 Å². The second-order valence-corrected chi connectivity index (χ2v) is 15.5. The molecule has 0 spiro atoms. The summed E-state index contributed by atoms with van der Waals surface area (Å²) in [6, 6.07) is 19.5. The van der Waals surface area contributed by atoms with E-state index in [-0.39, 0.29) is 32.6 Å². The number of carbonyl (C=O) groups is 2. The minimum Gasteiger partial charge on any atom is -0.488 e. The molecule has 310 valence electrons. The average molecular weight is 843 g/mol. The second kappa shape index (κ2) is 22.1. The molecule has 0 radical (unpaired) electrons. The van der Waals surface area contributed by atoms with Gasteiger partial charge in [-0.3, -0.25) is 14.6 Å². The number of benzene rings is 3. The molecule has 2 atom stereocenters. The predicted molar refractivity (Wildman–Crippen MR) is 224 cm³/mol. The van der Waals surface area contributed by atoms with E-state index >= 15 is 0 Å². The number of nitrogens with zero attached hydrogens (tertiary/aromatic N) is 3. The van der Waals surface area contributed by atoms with Crippen LogP contribution in [0, 0.1) is 25.2 Å². The van der Waals surface area contributed by atoms with E-state index < -0.39 is 24.1 Å². The Morgan fingerprint density at radius 1 is 0.864 bits per heavy atom. The fourth-order valence-corrected chi connectivity index (χ4v) is 7.61. The third-order valence-electron chi connectivity index (χ3n) is 9.52. The summed E-state index contributed by atoms with van der Waals surface area (Å²) in [5.41, 5.74) is 8.09. The number of pyridine rings is 1. The summed E-state index contributed by atoms with van der Waals surface area (Å²) in [7, 11) is 0. The van der Waals surface area contributed by atoms with Gasteiger partial charge in [0.1, 0.15) is 35.8 Å². The molecule has 2 aromatic heterocycles. The summed E-state index contributed by atoms with van der Waals surface area (Å²) < 4.78 is 18.3. The van der Waals surface area contributed by atoms with Crippen molar-refractivity contribution in [1.29, 1.82) is 5.26 Å². The molecule has 0 unspecified atom stereocenters. The summed E-state index contributed by atoms with van der Waals surface area (Å²) >= 11 is 8.33. The van der Waals surface area contributed by atoms with Crippen molar-refractivity contribution in [2.24, 2.45) is 0 Å². The smallest absolute Gasteiger partial charge is 0.306 e. The van der Waals surface area contributed by atoms with Gasteiger partial charge in [0.05, 0.1) is 53.7 Å². The molecule has 3 aromatic carbocycles. The highest BCUT2D eigenvalue weighted by atomic mass is 35.5. The molecule has 5 N–H and O–H groups in total. The molecule has 5 rings (SSSR count). The van der Waals surface area contributed by atoms with Crippen LogP contribution in [0.2, 0.25) is 5.02 Å². The Morgan fingerprint density at radius 3 is 2.34 bits per heavy atom. The van der Waals surface area contributed by atoms with Gasteiger partial charge >= 0.3 is 11.9 Å². The van der Waals surface area contributed by atoms with Crippen LogP contribution in [0.4, 0.5) is 0 Å². The van der Waals surface area contributed by atoms with Crippen LogP contribution in [0.25, 0.3) is 21.7 Å². The first kappa shape index (κ1) is 44.7. The molecule has 0 aliphatic carbocycles. The van der Waals surface area contributed by atoms with Crippen molar-refractivity contribution in [3.63, 3.8) is 0 Å². The largest absolute Gasteiger partial charge is 0.488 e. The summed E-state index contributed by atoms with van der Waals surface area (Å²) in [4.78, 5) is 31.5. The number of nitriles is 1. The van der Waals surface area contributed by atoms with Crippen LogP contribution in [0.5, 0.6) is 11.5 Å². The van der Waals surface area contributed by atoms with Crippen LogP contribution in [-0.4, -0.2) is 74.2 Å². The highest BCUT2D eigenvalue weighted by Crippen LogP contribution is 2.38. The van der Waals surface area contributed by atoms with Crippen LogP contribution in [0.15, 0.2) is 73.2 Å². The first-order valence-corrected chi connectivity index (χ1v) is 20.2. The Bertz CT molecular complexity index is 2260. The van der Waals surface area contributed by atoms with E-state index in [0.29, 0.717) is 66.7 Å². The van der Waals surface area contributed by atoms with Crippen molar-refractivity contribution >= 4 is 34.9 Å². The van der Waals surface area contributed by atoms with E-state index in [4.69, 9.17) is 36.0 Å². The van der Waals surface area contributed by atoms with Gasteiger partial charge in [-0.15, -0.1) is 11.3 Å². The maximum atomic E-state index is 11.0. The van der Waals surface area contributed by atoms with Crippen molar-refractivity contribution in [1.82, 2.24) is 15.3 Å². The average Bonchev–Trinajstić information content (AvgIpc) is 3.67. The quantitative estimate of drug-likeness (QED) is 0.0411. The first-order valence-electron chi connectivity index (χ1n) is 19.1. The molecule has 0 fully saturated rings. The van der Waals surface area contributed by atoms with Gasteiger partial charge in [-0.05, 0) is 78.6 Å². The SMILES string of the molecule is Cc1c(COc2cc(OCc3cncc(C#N)c3)c(CCC[C@@H](O)CC(=O)O)cc2Cl)cccc1-c1cccc(-c2ncc(COCCNC[C@@H](O)CC(=O)O)s2)c1C. The number of halogens is 1. The zero-order valence-corrected chi connectivity index (χ0v) is 34.4. The molecule has 0 saturated carbocycles. The number of aliphatic hydroxyl groups excluding tert-OH is 2. The second-order valence-electron chi connectivity index (χ2n) is 14.0. The summed E-state index contributed by atoms with van der Waals surface area (Å²) in [6.45, 7) is 5.93. The number of aliphatic hydroxyl groups is 2. The summed E-state index contributed by atoms with van der Waals surface area (Å²) in [6.07, 6.45) is 3.63. The summed E-state index contributed by atoms with van der Waals surface area (Å²) in [5.74, 6) is -1.18. The van der Waals surface area contributed by atoms with Crippen molar-refractivity contribution < 1.29 is 44.2 Å². The fraction of sp³-hybridized carbons (Fsp3) is 0.341. The Balaban J connectivity index is 1.27. The van der Waals surface area contributed by atoms with E-state index in [0.717, 1.165) is 48.8 Å². The number of hydrogen-bond donors (Lipinski definition) is 5. The molecule has 0 aliphatic rings. The van der Waals surface area contributed by atoms with Crippen LogP contribution >= 0.6 is 22.9 Å². The molecule has 0 aliphatic heterocycles. The first-order chi connectivity index (χ1) is 28.4. The molecule has 0 saturated heterocycles. The van der Waals surface area contributed by atoms with Gasteiger partial charge in [-0.1, -0.05) is 48.0 Å². The maximum absolute atomic E-state index is 11.0. The Labute approximate surface area is 351 Å². The van der Waals surface area contributed by atoms with Gasteiger partial charge in [0, 0.05) is 48.9 Å². The molecule has 13 nitrogen and oxygen atoms in total. The molecule has 2 heterocycles. The fourth-order valence-electron chi connectivity index (χ4n) is 6.44. The number of rotatable bonds is 23. The monoisotopic (exact) mass is 842 g/mol. The van der Waals surface area contributed by atoms with E-state index in [9.17, 15) is 25.1 Å². The van der Waals surface area contributed by atoms with E-state index in [1.54, 1.807) is 35.7 Å². The number of nitrogens with one attached hydrogen (secondary N) is 1. The zero-order chi connectivity index (χ0) is 42.3. The zero-order valence-electron chi connectivity index (χ0n) is 32.8. The number of thiazole rings is 1. The van der Waals surface area contributed by atoms with Crippen LogP contribution in [-0.2, 0) is 40.6 Å². The van der Waals surface area contributed by atoms with Crippen LogP contribution in [0.3, 0.4) is 0 Å². The van der Waals surface area contributed by atoms with Gasteiger partial charge in [-0.25, -0.2) is 4.98 Å². The summed E-state index contributed by atoms with van der Waals surface area (Å²) in [5, 5.41) is 51.1. The Morgan fingerprint density at radius 2 is 1.58 bits per heavy atom. The molecular weight excluding hydrogens is 796 g/mol. The van der Waals surface area contributed by atoms with Crippen molar-refractivity contribution in [2.75, 3.05) is 19.7 Å². The van der Waals surface area contributed by atoms with Crippen LogP contribution in [0.1, 0.15) is 63.9 Å². The number of hydrogen-bond acceptors (Lipinski definition) is 12. The Hall–Kier alpha value is -5.40. The number of carboxylic acid groups (broad SMARTS) is 2. The lowest BCUT2D eigenvalue weighted by molar-refractivity contribution is -0.140. The Kier molecular flexibility index (Phi) is 16.7. The molecule has 59 heavy (non-hydrogen) atoms. The standard InChI is InChI=1S/C44H47ClN4O9S/c1-27-32(25-58-41-18-40(57-24-30-14-29(19-46)20-48-21-30)31(15-39(41)45)6-3-8-33(50)16-42(52)53)7-4-9-36(27)37-10-5-11-38(28(37)2)44-49-23-35(59-44)26-56-13-12-47-22-34(51)17-43(54)55/h4-5,7,9-11,14-15,18,20-21,23,33-34,47,50-51H,3,6,8,12-13,16-17,22,24-26H2,1-2H3,(H,52,53)(H,54,55)/t33-,34+/m1/s1. The minimum absolute atomic E-state index is 0.136. The predicted octanol–water partition coefficient (Wildman–Crippen LogP) is 7.27. The van der Waals surface area contributed by atoms with Gasteiger partial charge in [-0.2, -0.15) is 5.26 Å². The van der Waals surface area contributed by atoms with Gasteiger partial charge in [0.25, 0.3) is 0 Å². The van der Waals surface area contributed by atoms with E-state index in [1.807, 2.05) is 24.4 Å². The maximum Gasteiger partial charge on any atom is 0.306 e. The normalized spacial score (nSPS) is 12.1. The topological polar surface area (TPSA) is 204 Å². The van der Waals surface area contributed by atoms with Crippen molar-refractivity contribution in [3.8, 4) is 39.3 Å². The number of carboxylic acids is 2. The van der Waals surface area contributed by atoms with Gasteiger partial charge in [0.2, 0.25) is 0 Å². The lowest BCUT2D eigenvalue weighted by atomic mass is 9.92. The highest BCUT2D eigenvalue weighted by molar-refractivity contribution is 7.15. The van der Waals surface area contributed by atoms with E-state index in [2.05, 4.69) is 53.4 Å². The lowest BCUT2D eigenvalue weighted by Gasteiger charge is -2.18. The third-order valence-corrected chi connectivity index (χ3v) is 10.8. The number of aliphatic carboxylic acids is 2. The molecule has 15 heteroatoms. The molecule has 5 aromatic rings. The van der Waals surface area contributed by atoms with Crippen molar-refractivity contribution in [2.45, 2.75) is 78.0 Å². The van der Waals surface area contributed by atoms with Gasteiger partial charge in [0.15, 0.2) is 0 Å². The van der Waals surface area contributed by atoms with Gasteiger partial charge < -0.3 is 40.0 Å². The minimum atomic E-state index is -1.06. The number of aryl methyl sites for hydroxylation is 1. The lowest BCUT2D eigenvalue weighted by Crippen LogP contribution is -2.30. The molecule has 0 amide bonds. The number of ether oxygens (including phenoxy) is 3. The highest BCUT2D eigenvalue weighted by Gasteiger charge is 2.18. The molecular formula is C44H47ClN4O9S. The van der Waals surface area contributed by atoms with Crippen molar-refractivity contribution in [3.05, 3.63) is 116 Å². The molecule has 0 bridgehead atoms. The van der Waals surface area contributed by atoms with Crippen LogP contribution < -0.4 is 14.8 Å². The third kappa shape index (κ3) is 13.3. The number of aromatic nitrogens is 2.